The zero-order valence-corrected chi connectivity index (χ0v) is 8.66. The maximum atomic E-state index is 10.9. The summed E-state index contributed by atoms with van der Waals surface area (Å²) in [4.78, 5) is 10.9. The molecular formula is C8H14N2OS. The van der Waals surface area contributed by atoms with E-state index in [2.05, 4.69) is 31.3 Å². The van der Waals surface area contributed by atoms with Crippen LogP contribution in [0.4, 0.5) is 4.79 Å². The van der Waals surface area contributed by atoms with Gasteiger partial charge in [0.25, 0.3) is 5.24 Å². The summed E-state index contributed by atoms with van der Waals surface area (Å²) in [5.41, 5.74) is 3.57. The summed E-state index contributed by atoms with van der Waals surface area (Å²) < 4.78 is 0. The van der Waals surface area contributed by atoms with Crippen LogP contribution < -0.4 is 5.43 Å². The number of nitrogens with zero attached hydrogens (tertiary/aromatic N) is 1. The molecule has 1 N–H and O–H groups in total. The minimum Gasteiger partial charge on any atom is -0.260 e. The molecule has 0 aromatic carbocycles. The Balaban J connectivity index is 2.84. The number of carbonyl (C=O) groups excluding carboxylic acids is 1. The number of rotatable bonds is 0. The van der Waals surface area contributed by atoms with E-state index in [-0.39, 0.29) is 15.9 Å². The highest BCUT2D eigenvalue weighted by atomic mass is 32.2. The van der Waals surface area contributed by atoms with Gasteiger partial charge in [-0.25, -0.2) is 5.43 Å². The third-order valence-electron chi connectivity index (χ3n) is 1.70. The molecule has 1 aliphatic heterocycles. The van der Waals surface area contributed by atoms with E-state index in [1.807, 2.05) is 6.92 Å². The van der Waals surface area contributed by atoms with Gasteiger partial charge in [-0.3, -0.25) is 4.79 Å². The van der Waals surface area contributed by atoms with Gasteiger partial charge in [0.05, 0.1) is 11.0 Å². The van der Waals surface area contributed by atoms with E-state index in [9.17, 15) is 4.79 Å². The van der Waals surface area contributed by atoms with E-state index in [0.717, 1.165) is 5.71 Å². The third-order valence-corrected chi connectivity index (χ3v) is 2.59. The molecule has 1 heterocycles. The average molecular weight is 186 g/mol. The number of hydrogen-bond acceptors (Lipinski definition) is 3. The molecule has 12 heavy (non-hydrogen) atoms. The smallest absolute Gasteiger partial charge is 0.260 e. The second-order valence-electron chi connectivity index (χ2n) is 3.91. The Morgan fingerprint density at radius 1 is 1.50 bits per heavy atom. The molecule has 0 spiro atoms. The van der Waals surface area contributed by atoms with Gasteiger partial charge in [-0.1, -0.05) is 32.5 Å². The maximum Gasteiger partial charge on any atom is 0.299 e. The van der Waals surface area contributed by atoms with Crippen molar-refractivity contribution in [3.05, 3.63) is 0 Å². The van der Waals surface area contributed by atoms with Gasteiger partial charge in [-0.2, -0.15) is 5.10 Å². The first-order valence-corrected chi connectivity index (χ1v) is 4.84. The Morgan fingerprint density at radius 3 is 2.50 bits per heavy atom. The topological polar surface area (TPSA) is 41.5 Å². The van der Waals surface area contributed by atoms with Crippen molar-refractivity contribution in [1.29, 1.82) is 0 Å². The van der Waals surface area contributed by atoms with Crippen LogP contribution in [0.25, 0.3) is 0 Å². The number of thioether (sulfide) groups is 1. The highest BCUT2D eigenvalue weighted by Crippen LogP contribution is 2.27. The van der Waals surface area contributed by atoms with E-state index in [0.29, 0.717) is 0 Å². The Labute approximate surface area is 77.0 Å². The van der Waals surface area contributed by atoms with Crippen molar-refractivity contribution < 1.29 is 4.79 Å². The summed E-state index contributed by atoms with van der Waals surface area (Å²) >= 11 is 1.30. The lowest BCUT2D eigenvalue weighted by Crippen LogP contribution is -2.37. The van der Waals surface area contributed by atoms with Gasteiger partial charge >= 0.3 is 0 Å². The SMILES string of the molecule is CC1SC(=O)NN=C1C(C)(C)C. The predicted molar refractivity (Wildman–Crippen MR) is 52.5 cm³/mol. The van der Waals surface area contributed by atoms with Gasteiger partial charge in [-0.05, 0) is 6.92 Å². The minimum absolute atomic E-state index is 0.0418. The molecule has 68 valence electrons. The number of carbonyl (C=O) groups is 1. The predicted octanol–water partition coefficient (Wildman–Crippen LogP) is 2.23. The van der Waals surface area contributed by atoms with Crippen LogP contribution in [0.15, 0.2) is 5.10 Å². The second kappa shape index (κ2) is 3.09. The second-order valence-corrected chi connectivity index (χ2v) is 5.22. The van der Waals surface area contributed by atoms with E-state index < -0.39 is 0 Å². The molecule has 1 unspecified atom stereocenters. The van der Waals surface area contributed by atoms with Crippen LogP contribution in [-0.4, -0.2) is 16.2 Å². The highest BCUT2D eigenvalue weighted by Gasteiger charge is 2.29. The molecule has 0 aromatic rings. The van der Waals surface area contributed by atoms with Gasteiger partial charge in [0.15, 0.2) is 0 Å². The summed E-state index contributed by atoms with van der Waals surface area (Å²) in [6.45, 7) is 8.30. The van der Waals surface area contributed by atoms with Crippen LogP contribution in [0, 0.1) is 5.41 Å². The van der Waals surface area contributed by atoms with Crippen LogP contribution in [-0.2, 0) is 0 Å². The number of hydrogen-bond donors (Lipinski definition) is 1. The highest BCUT2D eigenvalue weighted by molar-refractivity contribution is 8.14. The fourth-order valence-electron chi connectivity index (χ4n) is 1.22. The van der Waals surface area contributed by atoms with Gasteiger partial charge < -0.3 is 0 Å². The molecule has 0 radical (unpaired) electrons. The van der Waals surface area contributed by atoms with Crippen LogP contribution in [0.1, 0.15) is 27.7 Å². The van der Waals surface area contributed by atoms with Gasteiger partial charge in [0.2, 0.25) is 0 Å². The molecule has 0 aromatic heterocycles. The average Bonchev–Trinajstić information content (AvgIpc) is 1.83. The summed E-state index contributed by atoms with van der Waals surface area (Å²) in [5.74, 6) is 0. The van der Waals surface area contributed by atoms with Crippen LogP contribution >= 0.6 is 11.8 Å². The molecule has 4 heteroatoms. The number of amides is 1. The van der Waals surface area contributed by atoms with Crippen molar-refractivity contribution in [2.24, 2.45) is 10.5 Å². The monoisotopic (exact) mass is 186 g/mol. The molecule has 0 bridgehead atoms. The molecule has 3 nitrogen and oxygen atoms in total. The van der Waals surface area contributed by atoms with E-state index in [1.165, 1.54) is 11.8 Å². The zero-order chi connectivity index (χ0) is 9.35. The lowest BCUT2D eigenvalue weighted by atomic mass is 9.88. The van der Waals surface area contributed by atoms with Gasteiger partial charge in [-0.15, -0.1) is 0 Å². The molecule has 1 aliphatic rings. The summed E-state index contributed by atoms with van der Waals surface area (Å²) in [7, 11) is 0. The van der Waals surface area contributed by atoms with Gasteiger partial charge in [0, 0.05) is 5.41 Å². The fraction of sp³-hybridized carbons (Fsp3) is 0.750. The standard InChI is InChI=1S/C8H14N2OS/c1-5-6(8(2,3)4)9-10-7(11)12-5/h5H,1-4H3,(H,10,11). The Bertz CT molecular complexity index is 230. The van der Waals surface area contributed by atoms with Crippen molar-refractivity contribution in [3.63, 3.8) is 0 Å². The van der Waals surface area contributed by atoms with Gasteiger partial charge in [0.1, 0.15) is 0 Å². The lowest BCUT2D eigenvalue weighted by molar-refractivity contribution is 0.260. The van der Waals surface area contributed by atoms with Crippen molar-refractivity contribution in [3.8, 4) is 0 Å². The van der Waals surface area contributed by atoms with E-state index >= 15 is 0 Å². The molecule has 1 rings (SSSR count). The molecule has 1 amide bonds. The summed E-state index contributed by atoms with van der Waals surface area (Å²) in [6.07, 6.45) is 0. The quantitative estimate of drug-likeness (QED) is 0.630. The van der Waals surface area contributed by atoms with Crippen molar-refractivity contribution in [2.75, 3.05) is 0 Å². The summed E-state index contributed by atoms with van der Waals surface area (Å²) in [5, 5.41) is 4.19. The normalized spacial score (nSPS) is 24.8. The maximum absolute atomic E-state index is 10.9. The Hall–Kier alpha value is -0.510. The molecule has 0 fully saturated rings. The first kappa shape index (κ1) is 9.58. The third kappa shape index (κ3) is 2.00. The first-order valence-electron chi connectivity index (χ1n) is 3.96. The molecule has 0 saturated heterocycles. The van der Waals surface area contributed by atoms with Crippen molar-refractivity contribution in [2.45, 2.75) is 32.9 Å². The van der Waals surface area contributed by atoms with E-state index in [1.54, 1.807) is 0 Å². The number of hydrazone groups is 1. The molecule has 0 aliphatic carbocycles. The van der Waals surface area contributed by atoms with Crippen molar-refractivity contribution >= 4 is 22.7 Å². The summed E-state index contributed by atoms with van der Waals surface area (Å²) in [6, 6.07) is 0. The lowest BCUT2D eigenvalue weighted by Gasteiger charge is -2.28. The molecule has 1 atom stereocenters. The van der Waals surface area contributed by atoms with Crippen molar-refractivity contribution in [1.82, 2.24) is 5.43 Å². The van der Waals surface area contributed by atoms with Crippen LogP contribution in [0.3, 0.4) is 0 Å². The fourth-order valence-corrected chi connectivity index (χ4v) is 2.15. The molecular weight excluding hydrogens is 172 g/mol. The Kier molecular flexibility index (Phi) is 2.46. The first-order chi connectivity index (χ1) is 5.41. The van der Waals surface area contributed by atoms with Crippen LogP contribution in [0.5, 0.6) is 0 Å². The Morgan fingerprint density at radius 2 is 2.08 bits per heavy atom. The van der Waals surface area contributed by atoms with E-state index in [4.69, 9.17) is 0 Å². The minimum atomic E-state index is -0.0597. The zero-order valence-electron chi connectivity index (χ0n) is 7.84. The molecule has 0 saturated carbocycles. The number of nitrogens with one attached hydrogen (secondary N) is 1. The van der Waals surface area contributed by atoms with Crippen LogP contribution in [0.2, 0.25) is 0 Å². The largest absolute Gasteiger partial charge is 0.299 e.